The van der Waals surface area contributed by atoms with Gasteiger partial charge in [0.15, 0.2) is 0 Å². The highest BCUT2D eigenvalue weighted by Crippen LogP contribution is 2.42. The molecule has 23 heavy (non-hydrogen) atoms. The Balaban J connectivity index is 2.34. The number of aryl methyl sites for hydroxylation is 2. The van der Waals surface area contributed by atoms with Crippen molar-refractivity contribution < 1.29 is 4.39 Å². The first kappa shape index (κ1) is 18.0. The normalized spacial score (nSPS) is 21.2. The molecule has 0 radical (unpaired) electrons. The van der Waals surface area contributed by atoms with Crippen molar-refractivity contribution in [2.45, 2.75) is 72.1 Å². The summed E-state index contributed by atoms with van der Waals surface area (Å²) in [5, 5.41) is 0. The summed E-state index contributed by atoms with van der Waals surface area (Å²) >= 11 is 0. The topological polar surface area (TPSA) is 0 Å². The molecule has 1 aromatic rings. The molecule has 0 saturated carbocycles. The Bertz CT molecular complexity index is 571. The minimum Gasteiger partial charge on any atom is -0.207 e. The van der Waals surface area contributed by atoms with Gasteiger partial charge in [-0.2, -0.15) is 0 Å². The molecule has 2 unspecified atom stereocenters. The lowest BCUT2D eigenvalue weighted by atomic mass is 9.73. The zero-order chi connectivity index (χ0) is 17.0. The van der Waals surface area contributed by atoms with Crippen LogP contribution in [-0.2, 0) is 6.42 Å². The van der Waals surface area contributed by atoms with Crippen LogP contribution in [0.15, 0.2) is 35.9 Å². The third-order valence-corrected chi connectivity index (χ3v) is 5.18. The average molecular weight is 314 g/mol. The van der Waals surface area contributed by atoms with Crippen LogP contribution in [0.5, 0.6) is 0 Å². The molecule has 1 aliphatic rings. The van der Waals surface area contributed by atoms with Crippen molar-refractivity contribution in [1.29, 1.82) is 0 Å². The summed E-state index contributed by atoms with van der Waals surface area (Å²) in [7, 11) is 0. The van der Waals surface area contributed by atoms with Crippen LogP contribution in [0.2, 0.25) is 0 Å². The van der Waals surface area contributed by atoms with Crippen LogP contribution in [0, 0.1) is 18.7 Å². The lowest BCUT2D eigenvalue weighted by molar-refractivity contribution is 0.464. The molecule has 1 heteroatoms. The fourth-order valence-electron chi connectivity index (χ4n) is 3.88. The number of benzene rings is 1. The summed E-state index contributed by atoms with van der Waals surface area (Å²) < 4.78 is 14.9. The van der Waals surface area contributed by atoms with Gasteiger partial charge in [-0.05, 0) is 75.1 Å². The Morgan fingerprint density at radius 3 is 2.61 bits per heavy atom. The van der Waals surface area contributed by atoms with E-state index in [1.165, 1.54) is 24.0 Å². The molecule has 1 aliphatic carbocycles. The first-order chi connectivity index (χ1) is 10.9. The van der Waals surface area contributed by atoms with Gasteiger partial charge in [-0.1, -0.05) is 49.6 Å². The Kier molecular flexibility index (Phi) is 6.21. The van der Waals surface area contributed by atoms with Crippen molar-refractivity contribution in [3.63, 3.8) is 0 Å². The van der Waals surface area contributed by atoms with Crippen LogP contribution < -0.4 is 0 Å². The molecule has 0 N–H and O–H groups in total. The van der Waals surface area contributed by atoms with Gasteiger partial charge in [0.2, 0.25) is 0 Å². The lowest BCUT2D eigenvalue weighted by Crippen LogP contribution is -2.19. The highest BCUT2D eigenvalue weighted by Gasteiger charge is 2.29. The van der Waals surface area contributed by atoms with E-state index in [1.807, 2.05) is 0 Å². The molecule has 0 bridgehead atoms. The molecule has 1 aromatic carbocycles. The van der Waals surface area contributed by atoms with Crippen LogP contribution in [0.3, 0.4) is 0 Å². The van der Waals surface area contributed by atoms with Gasteiger partial charge in [-0.3, -0.25) is 0 Å². The maximum absolute atomic E-state index is 14.9. The highest BCUT2D eigenvalue weighted by atomic mass is 19.1. The SMILES string of the molecule is C=C(C)C1CCC(C)=CC1c1c(C)cc(CCCCC)cc1F. The predicted octanol–water partition coefficient (Wildman–Crippen LogP) is 6.88. The minimum atomic E-state index is -0.0290. The zero-order valence-electron chi connectivity index (χ0n) is 15.2. The lowest BCUT2D eigenvalue weighted by Gasteiger charge is -2.32. The second-order valence-corrected chi connectivity index (χ2v) is 7.30. The maximum atomic E-state index is 14.9. The van der Waals surface area contributed by atoms with Gasteiger partial charge >= 0.3 is 0 Å². The van der Waals surface area contributed by atoms with Crippen LogP contribution in [-0.4, -0.2) is 0 Å². The third kappa shape index (κ3) is 4.34. The molecule has 0 saturated heterocycles. The number of hydrogen-bond donors (Lipinski definition) is 0. The first-order valence-electron chi connectivity index (χ1n) is 9.05. The van der Waals surface area contributed by atoms with Gasteiger partial charge in [0, 0.05) is 5.92 Å². The van der Waals surface area contributed by atoms with E-state index in [9.17, 15) is 4.39 Å². The van der Waals surface area contributed by atoms with E-state index in [-0.39, 0.29) is 11.7 Å². The Morgan fingerprint density at radius 1 is 1.26 bits per heavy atom. The standard InChI is InChI=1S/C22H31F/c1-6-7-8-9-18-13-17(5)22(21(23)14-18)20-12-16(4)10-11-19(20)15(2)3/h12-14,19-20H,2,6-11H2,1,3-5H3. The van der Waals surface area contributed by atoms with Gasteiger partial charge in [0.05, 0.1) is 0 Å². The summed E-state index contributed by atoms with van der Waals surface area (Å²) in [5.41, 5.74) is 5.67. The molecule has 0 heterocycles. The third-order valence-electron chi connectivity index (χ3n) is 5.18. The number of hydrogen-bond acceptors (Lipinski definition) is 0. The van der Waals surface area contributed by atoms with Crippen LogP contribution in [0.25, 0.3) is 0 Å². The fourth-order valence-corrected chi connectivity index (χ4v) is 3.88. The number of rotatable bonds is 6. The first-order valence-corrected chi connectivity index (χ1v) is 9.05. The quantitative estimate of drug-likeness (QED) is 0.396. The van der Waals surface area contributed by atoms with Crippen molar-refractivity contribution >= 4 is 0 Å². The van der Waals surface area contributed by atoms with Crippen LogP contribution in [0.1, 0.15) is 75.5 Å². The summed E-state index contributed by atoms with van der Waals surface area (Å²) in [4.78, 5) is 0. The van der Waals surface area contributed by atoms with Crippen LogP contribution in [0.4, 0.5) is 4.39 Å². The maximum Gasteiger partial charge on any atom is 0.127 e. The van der Waals surface area contributed by atoms with E-state index in [0.717, 1.165) is 42.4 Å². The van der Waals surface area contributed by atoms with Gasteiger partial charge in [-0.25, -0.2) is 4.39 Å². The van der Waals surface area contributed by atoms with E-state index >= 15 is 0 Å². The summed E-state index contributed by atoms with van der Waals surface area (Å²) in [6.45, 7) is 12.7. The molecule has 0 aliphatic heterocycles. The molecule has 126 valence electrons. The number of allylic oxidation sites excluding steroid dienone is 3. The molecule has 0 fully saturated rings. The fraction of sp³-hybridized carbons (Fsp3) is 0.545. The van der Waals surface area contributed by atoms with Gasteiger partial charge in [0.25, 0.3) is 0 Å². The second-order valence-electron chi connectivity index (χ2n) is 7.30. The molecule has 0 nitrogen and oxygen atoms in total. The predicted molar refractivity (Wildman–Crippen MR) is 98.4 cm³/mol. The van der Waals surface area contributed by atoms with Gasteiger partial charge in [-0.15, -0.1) is 0 Å². The highest BCUT2D eigenvalue weighted by molar-refractivity contribution is 5.40. The second kappa shape index (κ2) is 7.95. The molecule has 0 amide bonds. The molecule has 2 atom stereocenters. The molecular formula is C22H31F. The minimum absolute atomic E-state index is 0.0290. The molecule has 0 spiro atoms. The Labute approximate surface area is 141 Å². The largest absolute Gasteiger partial charge is 0.207 e. The monoisotopic (exact) mass is 314 g/mol. The van der Waals surface area contributed by atoms with Crippen molar-refractivity contribution in [2.75, 3.05) is 0 Å². The van der Waals surface area contributed by atoms with Crippen molar-refractivity contribution in [3.05, 3.63) is 58.4 Å². The number of halogens is 1. The summed E-state index contributed by atoms with van der Waals surface area (Å²) in [5.74, 6) is 0.475. The molecule has 2 rings (SSSR count). The van der Waals surface area contributed by atoms with E-state index < -0.39 is 0 Å². The average Bonchev–Trinajstić information content (AvgIpc) is 2.46. The Hall–Kier alpha value is -1.37. The summed E-state index contributed by atoms with van der Waals surface area (Å²) in [6, 6.07) is 3.96. The van der Waals surface area contributed by atoms with E-state index in [2.05, 4.69) is 46.4 Å². The van der Waals surface area contributed by atoms with Gasteiger partial charge < -0.3 is 0 Å². The molecule has 0 aromatic heterocycles. The smallest absolute Gasteiger partial charge is 0.127 e. The van der Waals surface area contributed by atoms with Crippen molar-refractivity contribution in [1.82, 2.24) is 0 Å². The van der Waals surface area contributed by atoms with E-state index in [4.69, 9.17) is 0 Å². The van der Waals surface area contributed by atoms with Crippen molar-refractivity contribution in [2.24, 2.45) is 5.92 Å². The summed E-state index contributed by atoms with van der Waals surface area (Å²) in [6.07, 6.45) is 8.99. The Morgan fingerprint density at radius 2 is 2.00 bits per heavy atom. The number of unbranched alkanes of at least 4 members (excludes halogenated alkanes) is 2. The van der Waals surface area contributed by atoms with Gasteiger partial charge in [0.1, 0.15) is 5.82 Å². The van der Waals surface area contributed by atoms with Crippen LogP contribution >= 0.6 is 0 Å². The van der Waals surface area contributed by atoms with E-state index in [0.29, 0.717) is 5.92 Å². The zero-order valence-corrected chi connectivity index (χ0v) is 15.2. The van der Waals surface area contributed by atoms with E-state index in [1.54, 1.807) is 6.07 Å². The molecular weight excluding hydrogens is 283 g/mol. The van der Waals surface area contributed by atoms with Crippen molar-refractivity contribution in [3.8, 4) is 0 Å².